The molecular weight excluding hydrogens is 810 g/mol. The number of aromatic amines is 1. The number of anilines is 2. The highest BCUT2D eigenvalue weighted by Crippen LogP contribution is 2.34. The zero-order valence-electron chi connectivity index (χ0n) is 33.9. The van der Waals surface area contributed by atoms with Gasteiger partial charge in [-0.1, -0.05) is 12.1 Å². The molecule has 0 unspecified atom stereocenters. The fourth-order valence-electron chi connectivity index (χ4n) is 8.19. The minimum absolute atomic E-state index is 0.00939. The van der Waals surface area contributed by atoms with E-state index in [-0.39, 0.29) is 23.0 Å². The molecule has 2 saturated heterocycles. The molecule has 2 fully saturated rings. The maximum absolute atomic E-state index is 13.2. The standard InChI is InChI=1S/C23H22N4O4.C22H19F3N2O4/c1-13-16-12-20(23(29)30)31-19(16)7-6-18(13)26-8-10-27(11-9-26)22(28)15-4-3-5-17-21(15)25-14(2)24-17;1-13-16-12-19(21(29)30)31-18(16)6-5-17(13)26-7-9-27(10-8-26)20(28)14-3-2-4-15(11-14)22(23,24)25/h3-7,12H,8-11H2,1-2H3,(H,24,25)(H,29,30);2-6,11-12H,7-10H2,1H3,(H,29,30). The summed E-state index contributed by atoms with van der Waals surface area (Å²) in [7, 11) is 0. The molecule has 2 amide bonds. The van der Waals surface area contributed by atoms with E-state index >= 15 is 0 Å². The highest BCUT2D eigenvalue weighted by molar-refractivity contribution is 6.05. The quantitative estimate of drug-likeness (QED) is 0.148. The summed E-state index contributed by atoms with van der Waals surface area (Å²) < 4.78 is 49.5. The molecule has 0 spiro atoms. The number of aromatic nitrogens is 2. The molecule has 0 radical (unpaired) electrons. The van der Waals surface area contributed by atoms with Gasteiger partial charge in [-0.05, 0) is 98.6 Å². The molecule has 0 aliphatic carbocycles. The van der Waals surface area contributed by atoms with Crippen molar-refractivity contribution in [3.8, 4) is 0 Å². The zero-order valence-corrected chi connectivity index (χ0v) is 33.9. The van der Waals surface area contributed by atoms with Crippen LogP contribution in [0.1, 0.15) is 64.3 Å². The number of carboxylic acid groups (broad SMARTS) is 2. The van der Waals surface area contributed by atoms with E-state index in [1.807, 2.05) is 62.1 Å². The van der Waals surface area contributed by atoms with Crippen molar-refractivity contribution in [2.75, 3.05) is 62.2 Å². The first-order valence-electron chi connectivity index (χ1n) is 19.8. The van der Waals surface area contributed by atoms with E-state index in [1.54, 1.807) is 17.0 Å². The second-order valence-corrected chi connectivity index (χ2v) is 15.2. The van der Waals surface area contributed by atoms with Crippen LogP contribution in [0.4, 0.5) is 24.5 Å². The molecule has 7 aromatic rings. The van der Waals surface area contributed by atoms with E-state index in [9.17, 15) is 37.5 Å². The molecule has 0 atom stereocenters. The van der Waals surface area contributed by atoms with E-state index in [1.165, 1.54) is 18.2 Å². The normalized spacial score (nSPS) is 14.7. The Morgan fingerprint density at radius 3 is 1.65 bits per heavy atom. The van der Waals surface area contributed by atoms with Crippen LogP contribution in [-0.2, 0) is 6.18 Å². The number of hydrogen-bond donors (Lipinski definition) is 3. The number of hydrogen-bond acceptors (Lipinski definition) is 9. The number of carbonyl (C=O) groups excluding carboxylic acids is 2. The van der Waals surface area contributed by atoms with E-state index in [0.29, 0.717) is 80.0 Å². The number of benzene rings is 4. The number of furan rings is 2. The van der Waals surface area contributed by atoms with Crippen LogP contribution in [-0.4, -0.2) is 106 Å². The van der Waals surface area contributed by atoms with Crippen molar-refractivity contribution in [3.05, 3.63) is 124 Å². The lowest BCUT2D eigenvalue weighted by Crippen LogP contribution is -2.49. The van der Waals surface area contributed by atoms with Crippen LogP contribution in [0.5, 0.6) is 0 Å². The van der Waals surface area contributed by atoms with Gasteiger partial charge in [0.1, 0.15) is 22.5 Å². The highest BCUT2D eigenvalue weighted by Gasteiger charge is 2.32. The fourth-order valence-corrected chi connectivity index (χ4v) is 8.19. The first-order valence-corrected chi connectivity index (χ1v) is 19.8. The first kappa shape index (κ1) is 41.4. The van der Waals surface area contributed by atoms with Crippen LogP contribution < -0.4 is 9.80 Å². The van der Waals surface area contributed by atoms with Crippen LogP contribution in [0, 0.1) is 20.8 Å². The largest absolute Gasteiger partial charge is 0.475 e. The Hall–Kier alpha value is -7.30. The topological polar surface area (TPSA) is 177 Å². The summed E-state index contributed by atoms with van der Waals surface area (Å²) in [6.45, 7) is 10.0. The SMILES string of the molecule is Cc1c(N2CCN(C(=O)c3cccc(C(F)(F)F)c3)CC2)ccc2oc(C(=O)O)cc12.Cc1nc2c(C(=O)N3CCN(c4ccc5oc(C(=O)O)cc5c4C)CC3)cccc2[nH]1. The molecule has 4 aromatic carbocycles. The monoisotopic (exact) mass is 850 g/mol. The lowest BCUT2D eigenvalue weighted by atomic mass is 10.1. The predicted molar refractivity (Wildman–Crippen MR) is 224 cm³/mol. The second-order valence-electron chi connectivity index (χ2n) is 15.2. The number of piperazine rings is 2. The third-order valence-corrected chi connectivity index (χ3v) is 11.4. The van der Waals surface area contributed by atoms with Crippen molar-refractivity contribution in [2.45, 2.75) is 26.9 Å². The van der Waals surface area contributed by atoms with Crippen LogP contribution in [0.2, 0.25) is 0 Å². The summed E-state index contributed by atoms with van der Waals surface area (Å²) in [5.41, 5.74) is 6.19. The molecule has 2 aliphatic heterocycles. The number of aryl methyl sites for hydroxylation is 3. The van der Waals surface area contributed by atoms with Gasteiger partial charge in [0.05, 0.1) is 16.6 Å². The van der Waals surface area contributed by atoms with Gasteiger partial charge >= 0.3 is 18.1 Å². The van der Waals surface area contributed by atoms with Gasteiger partial charge < -0.3 is 43.6 Å². The Bertz CT molecular complexity index is 2880. The Morgan fingerprint density at radius 1 is 0.645 bits per heavy atom. The summed E-state index contributed by atoms with van der Waals surface area (Å²) in [6.07, 6.45) is -4.50. The van der Waals surface area contributed by atoms with Crippen molar-refractivity contribution >= 4 is 68.1 Å². The summed E-state index contributed by atoms with van der Waals surface area (Å²) in [4.78, 5) is 63.6. The number of para-hydroxylation sites is 1. The third kappa shape index (κ3) is 8.00. The molecule has 320 valence electrons. The van der Waals surface area contributed by atoms with E-state index in [2.05, 4.69) is 19.8 Å². The van der Waals surface area contributed by atoms with Crippen molar-refractivity contribution in [1.82, 2.24) is 19.8 Å². The molecule has 14 nitrogen and oxygen atoms in total. The Labute approximate surface area is 351 Å². The average Bonchev–Trinajstić information content (AvgIpc) is 4.01. The molecule has 3 N–H and O–H groups in total. The second kappa shape index (κ2) is 16.3. The van der Waals surface area contributed by atoms with Crippen LogP contribution in [0.25, 0.3) is 33.0 Å². The van der Waals surface area contributed by atoms with Crippen LogP contribution in [0.15, 0.2) is 87.7 Å². The van der Waals surface area contributed by atoms with Crippen molar-refractivity contribution in [2.24, 2.45) is 0 Å². The predicted octanol–water partition coefficient (Wildman–Crippen LogP) is 8.01. The molecule has 3 aromatic heterocycles. The molecule has 9 rings (SSSR count). The number of amides is 2. The Balaban J connectivity index is 0.000000171. The van der Waals surface area contributed by atoms with Gasteiger partial charge in [-0.25, -0.2) is 14.6 Å². The zero-order chi connectivity index (χ0) is 44.0. The third-order valence-electron chi connectivity index (χ3n) is 11.4. The lowest BCUT2D eigenvalue weighted by Gasteiger charge is -2.37. The maximum Gasteiger partial charge on any atom is 0.416 e. The van der Waals surface area contributed by atoms with Crippen LogP contribution >= 0.6 is 0 Å². The van der Waals surface area contributed by atoms with Gasteiger partial charge in [0.15, 0.2) is 0 Å². The summed E-state index contributed by atoms with van der Waals surface area (Å²) in [5, 5.41) is 19.8. The van der Waals surface area contributed by atoms with Gasteiger partial charge in [-0.3, -0.25) is 9.59 Å². The minimum Gasteiger partial charge on any atom is -0.475 e. The van der Waals surface area contributed by atoms with Gasteiger partial charge in [0, 0.05) is 80.1 Å². The molecule has 0 saturated carbocycles. The smallest absolute Gasteiger partial charge is 0.416 e. The minimum atomic E-state index is -4.50. The number of rotatable bonds is 6. The Morgan fingerprint density at radius 2 is 1.15 bits per heavy atom. The number of carbonyl (C=O) groups is 4. The van der Waals surface area contributed by atoms with Gasteiger partial charge in [0.2, 0.25) is 11.5 Å². The van der Waals surface area contributed by atoms with Crippen molar-refractivity contribution in [3.63, 3.8) is 0 Å². The number of H-pyrrole nitrogens is 1. The van der Waals surface area contributed by atoms with Gasteiger partial charge in [-0.2, -0.15) is 13.2 Å². The first-order chi connectivity index (χ1) is 29.6. The number of aromatic carboxylic acids is 2. The van der Waals surface area contributed by atoms with Crippen LogP contribution in [0.3, 0.4) is 0 Å². The van der Waals surface area contributed by atoms with Crippen molar-refractivity contribution < 1.29 is 51.4 Å². The van der Waals surface area contributed by atoms with E-state index in [0.717, 1.165) is 51.4 Å². The van der Waals surface area contributed by atoms with Gasteiger partial charge in [-0.15, -0.1) is 0 Å². The number of halogens is 3. The number of carboxylic acids is 2. The average molecular weight is 851 g/mol. The number of nitrogens with one attached hydrogen (secondary N) is 1. The Kier molecular flexibility index (Phi) is 10.9. The number of alkyl halides is 3. The molecule has 17 heteroatoms. The highest BCUT2D eigenvalue weighted by atomic mass is 19.4. The molecule has 62 heavy (non-hydrogen) atoms. The van der Waals surface area contributed by atoms with E-state index < -0.39 is 29.6 Å². The summed E-state index contributed by atoms with van der Waals surface area (Å²) in [5.74, 6) is -2.06. The molecular formula is C45H41F3N6O8. The molecule has 0 bridgehead atoms. The summed E-state index contributed by atoms with van der Waals surface area (Å²) in [6, 6.07) is 20.5. The van der Waals surface area contributed by atoms with Crippen molar-refractivity contribution in [1.29, 1.82) is 0 Å². The number of imidazole rings is 1. The molecule has 2 aliphatic rings. The van der Waals surface area contributed by atoms with Gasteiger partial charge in [0.25, 0.3) is 11.8 Å². The number of fused-ring (bicyclic) bond motifs is 3. The lowest BCUT2D eigenvalue weighted by molar-refractivity contribution is -0.137. The number of nitrogens with zero attached hydrogens (tertiary/aromatic N) is 5. The van der Waals surface area contributed by atoms with E-state index in [4.69, 9.17) is 13.9 Å². The summed E-state index contributed by atoms with van der Waals surface area (Å²) >= 11 is 0. The fraction of sp³-hybridized carbons (Fsp3) is 0.267. The maximum atomic E-state index is 13.2. The molecule has 5 heterocycles.